The van der Waals surface area contributed by atoms with Gasteiger partial charge in [0.1, 0.15) is 0 Å². The topological polar surface area (TPSA) is 46.2 Å². The van der Waals surface area contributed by atoms with Gasteiger partial charge in [-0.15, -0.1) is 0 Å². The van der Waals surface area contributed by atoms with Crippen LogP contribution in [0.3, 0.4) is 0 Å². The van der Waals surface area contributed by atoms with Crippen LogP contribution in [0.1, 0.15) is 0 Å². The molecule has 5 heteroatoms. The van der Waals surface area contributed by atoms with E-state index in [9.17, 15) is 8.42 Å². The summed E-state index contributed by atoms with van der Waals surface area (Å²) in [7, 11) is -3.06. The molecule has 0 saturated heterocycles. The van der Waals surface area contributed by atoms with Gasteiger partial charge in [-0.2, -0.15) is 0 Å². The SMILES string of the molecule is O=S1(=O)C=CNSC=C1. The highest BCUT2D eigenvalue weighted by molar-refractivity contribution is 8.03. The molecule has 0 aromatic carbocycles. The van der Waals surface area contributed by atoms with Crippen LogP contribution in [0.25, 0.3) is 0 Å². The molecule has 0 unspecified atom stereocenters. The minimum Gasteiger partial charge on any atom is -0.332 e. The molecule has 1 aliphatic heterocycles. The molecular formula is C4H5NO2S2. The van der Waals surface area contributed by atoms with Gasteiger partial charge in [-0.1, -0.05) is 0 Å². The smallest absolute Gasteiger partial charge is 0.195 e. The molecular weight excluding hydrogens is 158 g/mol. The van der Waals surface area contributed by atoms with E-state index in [0.29, 0.717) is 0 Å². The molecule has 0 radical (unpaired) electrons. The van der Waals surface area contributed by atoms with Gasteiger partial charge in [0, 0.05) is 17.0 Å². The van der Waals surface area contributed by atoms with Crippen LogP contribution in [0.5, 0.6) is 0 Å². The molecule has 1 aliphatic rings. The number of sulfone groups is 1. The summed E-state index contributed by atoms with van der Waals surface area (Å²) in [5.41, 5.74) is 0. The third-order valence-electron chi connectivity index (χ3n) is 0.707. The van der Waals surface area contributed by atoms with Gasteiger partial charge in [-0.05, 0) is 11.9 Å². The third-order valence-corrected chi connectivity index (χ3v) is 2.45. The van der Waals surface area contributed by atoms with Crippen molar-refractivity contribution in [2.45, 2.75) is 0 Å². The molecule has 0 spiro atoms. The molecule has 0 aliphatic carbocycles. The van der Waals surface area contributed by atoms with E-state index in [1.807, 2.05) is 0 Å². The zero-order valence-electron chi connectivity index (χ0n) is 4.44. The normalized spacial score (nSPS) is 22.7. The molecule has 0 saturated carbocycles. The van der Waals surface area contributed by atoms with Crippen molar-refractivity contribution in [3.05, 3.63) is 22.4 Å². The molecule has 0 aromatic heterocycles. The number of hydrogen-bond donors (Lipinski definition) is 1. The van der Waals surface area contributed by atoms with Crippen molar-refractivity contribution in [2.75, 3.05) is 0 Å². The summed E-state index contributed by atoms with van der Waals surface area (Å²) in [6, 6.07) is 0. The molecule has 3 nitrogen and oxygen atoms in total. The first kappa shape index (κ1) is 6.70. The van der Waals surface area contributed by atoms with Crippen LogP contribution >= 0.6 is 11.9 Å². The highest BCUT2D eigenvalue weighted by Crippen LogP contribution is 2.05. The Morgan fingerprint density at radius 2 is 2.11 bits per heavy atom. The van der Waals surface area contributed by atoms with Crippen LogP contribution in [0.2, 0.25) is 0 Å². The first-order chi connectivity index (χ1) is 4.21. The second-order valence-electron chi connectivity index (χ2n) is 1.40. The van der Waals surface area contributed by atoms with Crippen molar-refractivity contribution in [1.82, 2.24) is 4.72 Å². The summed E-state index contributed by atoms with van der Waals surface area (Å²) >= 11 is 1.22. The second-order valence-corrected chi connectivity index (χ2v) is 3.87. The maximum atomic E-state index is 10.6. The summed E-state index contributed by atoms with van der Waals surface area (Å²) in [5, 5.41) is 3.74. The summed E-state index contributed by atoms with van der Waals surface area (Å²) in [6.07, 6.45) is 1.39. The highest BCUT2D eigenvalue weighted by Gasteiger charge is 1.99. The lowest BCUT2D eigenvalue weighted by atomic mass is 11.1. The van der Waals surface area contributed by atoms with Crippen LogP contribution in [0.15, 0.2) is 22.4 Å². The van der Waals surface area contributed by atoms with Gasteiger partial charge in [0.2, 0.25) is 0 Å². The van der Waals surface area contributed by atoms with Gasteiger partial charge in [0.25, 0.3) is 0 Å². The Balaban J connectivity index is 2.98. The molecule has 0 atom stereocenters. The second kappa shape index (κ2) is 2.45. The lowest BCUT2D eigenvalue weighted by Gasteiger charge is -1.83. The van der Waals surface area contributed by atoms with Crippen molar-refractivity contribution in [3.8, 4) is 0 Å². The van der Waals surface area contributed by atoms with Crippen LogP contribution < -0.4 is 4.72 Å². The van der Waals surface area contributed by atoms with Crippen molar-refractivity contribution in [2.24, 2.45) is 0 Å². The van der Waals surface area contributed by atoms with E-state index < -0.39 is 9.84 Å². The molecule has 1 N–H and O–H groups in total. The Kier molecular flexibility index (Phi) is 1.82. The monoisotopic (exact) mass is 163 g/mol. The third kappa shape index (κ3) is 2.11. The Labute approximate surface area is 57.9 Å². The van der Waals surface area contributed by atoms with Gasteiger partial charge in [-0.3, -0.25) is 0 Å². The summed E-state index contributed by atoms with van der Waals surface area (Å²) < 4.78 is 24.0. The average molecular weight is 163 g/mol. The van der Waals surface area contributed by atoms with E-state index >= 15 is 0 Å². The fourth-order valence-corrected chi connectivity index (χ4v) is 1.85. The quantitative estimate of drug-likeness (QED) is 0.531. The first-order valence-corrected chi connectivity index (χ1v) is 4.69. The summed E-state index contributed by atoms with van der Waals surface area (Å²) in [6.45, 7) is 0. The molecule has 50 valence electrons. The predicted octanol–water partition coefficient (Wildman–Crippen LogP) is 0.595. The fourth-order valence-electron chi connectivity index (χ4n) is 0.352. The van der Waals surface area contributed by atoms with Crippen LogP contribution in [0.4, 0.5) is 0 Å². The number of rotatable bonds is 0. The molecule has 9 heavy (non-hydrogen) atoms. The lowest BCUT2D eigenvalue weighted by Crippen LogP contribution is -1.88. The van der Waals surface area contributed by atoms with Crippen molar-refractivity contribution in [3.63, 3.8) is 0 Å². The van der Waals surface area contributed by atoms with Crippen LogP contribution in [0, 0.1) is 0 Å². The van der Waals surface area contributed by atoms with Gasteiger partial charge >= 0.3 is 0 Å². The van der Waals surface area contributed by atoms with Crippen molar-refractivity contribution in [1.29, 1.82) is 0 Å². The highest BCUT2D eigenvalue weighted by atomic mass is 32.2. The van der Waals surface area contributed by atoms with Crippen LogP contribution in [-0.4, -0.2) is 8.42 Å². The molecule has 1 rings (SSSR count). The molecule has 0 bridgehead atoms. The van der Waals surface area contributed by atoms with Gasteiger partial charge < -0.3 is 4.72 Å². The van der Waals surface area contributed by atoms with Crippen molar-refractivity contribution < 1.29 is 8.42 Å². The van der Waals surface area contributed by atoms with E-state index in [4.69, 9.17) is 0 Å². The van der Waals surface area contributed by atoms with Crippen LogP contribution in [-0.2, 0) is 9.84 Å². The van der Waals surface area contributed by atoms with E-state index in [-0.39, 0.29) is 0 Å². The first-order valence-electron chi connectivity index (χ1n) is 2.20. The zero-order valence-corrected chi connectivity index (χ0v) is 6.08. The minimum absolute atomic E-state index is 1.11. The Hall–Kier alpha value is -0.420. The van der Waals surface area contributed by atoms with Gasteiger partial charge in [0.05, 0.1) is 5.41 Å². The molecule has 1 heterocycles. The van der Waals surface area contributed by atoms with Crippen molar-refractivity contribution >= 4 is 21.8 Å². The summed E-state index contributed by atoms with van der Waals surface area (Å²) in [5.74, 6) is 0. The molecule has 0 amide bonds. The molecule has 0 aromatic rings. The standard InChI is InChI=1S/C4H5NO2S2/c6-9(7)3-1-5-8-2-4-9/h1-5H. The Morgan fingerprint density at radius 3 is 2.89 bits per heavy atom. The zero-order chi connectivity index (χ0) is 6.74. The van der Waals surface area contributed by atoms with E-state index in [0.717, 1.165) is 10.8 Å². The maximum Gasteiger partial charge on any atom is 0.195 e. The van der Waals surface area contributed by atoms with E-state index in [2.05, 4.69) is 4.72 Å². The average Bonchev–Trinajstić information content (AvgIpc) is 1.92. The summed E-state index contributed by atoms with van der Waals surface area (Å²) in [4.78, 5) is 0. The lowest BCUT2D eigenvalue weighted by molar-refractivity contribution is 0.612. The minimum atomic E-state index is -3.06. The van der Waals surface area contributed by atoms with E-state index in [1.165, 1.54) is 23.6 Å². The number of nitrogens with one attached hydrogen (secondary N) is 1. The van der Waals surface area contributed by atoms with E-state index in [1.54, 1.807) is 0 Å². The molecule has 0 fully saturated rings. The predicted molar refractivity (Wildman–Crippen MR) is 37.9 cm³/mol. The largest absolute Gasteiger partial charge is 0.332 e. The number of hydrogen-bond acceptors (Lipinski definition) is 4. The van der Waals surface area contributed by atoms with Gasteiger partial charge in [-0.25, -0.2) is 8.42 Å². The maximum absolute atomic E-state index is 10.6. The Bertz CT molecular complexity index is 219. The fraction of sp³-hybridized carbons (Fsp3) is 0. The Morgan fingerprint density at radius 1 is 1.33 bits per heavy atom. The van der Waals surface area contributed by atoms with Gasteiger partial charge in [0.15, 0.2) is 9.84 Å².